The molecule has 1 rings (SSSR count). The molecule has 1 saturated carbocycles. The summed E-state index contributed by atoms with van der Waals surface area (Å²) in [6, 6.07) is 0.326. The van der Waals surface area contributed by atoms with E-state index in [2.05, 4.69) is 19.3 Å². The van der Waals surface area contributed by atoms with Gasteiger partial charge in [0.05, 0.1) is 11.6 Å². The maximum atomic E-state index is 5.65. The van der Waals surface area contributed by atoms with Crippen molar-refractivity contribution in [2.45, 2.75) is 51.2 Å². The summed E-state index contributed by atoms with van der Waals surface area (Å²) < 4.78 is 5.65. The smallest absolute Gasteiger partial charge is 0.0841 e. The first-order valence-electron chi connectivity index (χ1n) is 5.25. The van der Waals surface area contributed by atoms with Crippen molar-refractivity contribution in [1.29, 1.82) is 0 Å². The zero-order chi connectivity index (χ0) is 9.90. The number of ether oxygens (including phenoxy) is 1. The third-order valence-electron chi connectivity index (χ3n) is 3.44. The molecule has 1 unspecified atom stereocenters. The van der Waals surface area contributed by atoms with Crippen molar-refractivity contribution in [2.75, 3.05) is 7.11 Å². The second kappa shape index (κ2) is 4.40. The molecule has 3 heteroatoms. The van der Waals surface area contributed by atoms with E-state index in [0.717, 1.165) is 18.8 Å². The van der Waals surface area contributed by atoms with Gasteiger partial charge in [0.1, 0.15) is 0 Å². The molecular formula is C10H22N2O. The Bertz CT molecular complexity index is 145. The van der Waals surface area contributed by atoms with Crippen LogP contribution in [0, 0.1) is 5.92 Å². The van der Waals surface area contributed by atoms with Crippen LogP contribution < -0.4 is 11.3 Å². The van der Waals surface area contributed by atoms with Crippen LogP contribution in [0.5, 0.6) is 0 Å². The summed E-state index contributed by atoms with van der Waals surface area (Å²) in [5.41, 5.74) is 2.87. The Morgan fingerprint density at radius 2 is 2.00 bits per heavy atom. The topological polar surface area (TPSA) is 47.3 Å². The minimum Gasteiger partial charge on any atom is -0.377 e. The number of rotatable bonds is 6. The van der Waals surface area contributed by atoms with E-state index in [1.54, 1.807) is 7.11 Å². The number of nitrogens with one attached hydrogen (secondary N) is 1. The minimum absolute atomic E-state index is 0.0596. The van der Waals surface area contributed by atoms with Crippen LogP contribution in [-0.4, -0.2) is 18.8 Å². The molecule has 0 radical (unpaired) electrons. The molecule has 78 valence electrons. The van der Waals surface area contributed by atoms with Crippen molar-refractivity contribution in [3.05, 3.63) is 0 Å². The van der Waals surface area contributed by atoms with Gasteiger partial charge in [-0.2, -0.15) is 0 Å². The van der Waals surface area contributed by atoms with Crippen molar-refractivity contribution >= 4 is 0 Å². The normalized spacial score (nSPS) is 20.3. The maximum absolute atomic E-state index is 5.65. The fraction of sp³-hybridized carbons (Fsp3) is 1.00. The zero-order valence-corrected chi connectivity index (χ0v) is 8.97. The van der Waals surface area contributed by atoms with E-state index < -0.39 is 0 Å². The predicted octanol–water partition coefficient (Wildman–Crippen LogP) is 1.43. The Balaban J connectivity index is 2.68. The molecule has 13 heavy (non-hydrogen) atoms. The van der Waals surface area contributed by atoms with Gasteiger partial charge >= 0.3 is 0 Å². The molecule has 1 fully saturated rings. The van der Waals surface area contributed by atoms with Crippen LogP contribution in [0.2, 0.25) is 0 Å². The third kappa shape index (κ3) is 2.03. The number of hydrazine groups is 1. The maximum Gasteiger partial charge on any atom is 0.0841 e. The van der Waals surface area contributed by atoms with Gasteiger partial charge in [-0.1, -0.05) is 13.8 Å². The van der Waals surface area contributed by atoms with E-state index in [1.807, 2.05) is 0 Å². The van der Waals surface area contributed by atoms with Crippen molar-refractivity contribution in [3.63, 3.8) is 0 Å². The first-order chi connectivity index (χ1) is 6.24. The summed E-state index contributed by atoms with van der Waals surface area (Å²) in [6.45, 7) is 4.33. The lowest BCUT2D eigenvalue weighted by atomic mass is 9.85. The van der Waals surface area contributed by atoms with Gasteiger partial charge in [-0.25, -0.2) is 0 Å². The number of nitrogens with two attached hydrogens (primary N) is 1. The highest BCUT2D eigenvalue weighted by atomic mass is 16.5. The second-order valence-electron chi connectivity index (χ2n) is 3.96. The first kappa shape index (κ1) is 11.0. The molecule has 0 heterocycles. The summed E-state index contributed by atoms with van der Waals surface area (Å²) in [6.07, 6.45) is 4.62. The monoisotopic (exact) mass is 186 g/mol. The van der Waals surface area contributed by atoms with Gasteiger partial charge in [-0.3, -0.25) is 11.3 Å². The molecule has 0 saturated heterocycles. The molecule has 0 spiro atoms. The highest BCUT2D eigenvalue weighted by molar-refractivity contribution is 4.99. The Morgan fingerprint density at radius 3 is 2.23 bits per heavy atom. The number of hydrogen-bond donors (Lipinski definition) is 2. The molecule has 0 aromatic rings. The SMILES string of the molecule is CCC(CC)(OC)C(NN)C1CC1. The van der Waals surface area contributed by atoms with Gasteiger partial charge in [0.15, 0.2) is 0 Å². The highest BCUT2D eigenvalue weighted by Crippen LogP contribution is 2.40. The molecule has 3 N–H and O–H groups in total. The Morgan fingerprint density at radius 1 is 1.46 bits per heavy atom. The summed E-state index contributed by atoms with van der Waals surface area (Å²) >= 11 is 0. The van der Waals surface area contributed by atoms with Crippen molar-refractivity contribution in [1.82, 2.24) is 5.43 Å². The summed E-state index contributed by atoms with van der Waals surface area (Å²) in [4.78, 5) is 0. The summed E-state index contributed by atoms with van der Waals surface area (Å²) in [5.74, 6) is 6.32. The lowest BCUT2D eigenvalue weighted by molar-refractivity contribution is -0.0532. The fourth-order valence-corrected chi connectivity index (χ4v) is 2.25. The second-order valence-corrected chi connectivity index (χ2v) is 3.96. The quantitative estimate of drug-likeness (QED) is 0.487. The van der Waals surface area contributed by atoms with Gasteiger partial charge in [-0.15, -0.1) is 0 Å². The zero-order valence-electron chi connectivity index (χ0n) is 8.97. The lowest BCUT2D eigenvalue weighted by Crippen LogP contribution is -2.55. The van der Waals surface area contributed by atoms with Crippen LogP contribution in [0.15, 0.2) is 0 Å². The molecular weight excluding hydrogens is 164 g/mol. The molecule has 0 aromatic carbocycles. The van der Waals surface area contributed by atoms with E-state index in [4.69, 9.17) is 10.6 Å². The third-order valence-corrected chi connectivity index (χ3v) is 3.44. The van der Waals surface area contributed by atoms with Gasteiger partial charge in [0, 0.05) is 7.11 Å². The fourth-order valence-electron chi connectivity index (χ4n) is 2.25. The van der Waals surface area contributed by atoms with E-state index in [9.17, 15) is 0 Å². The molecule has 1 aliphatic carbocycles. The average molecular weight is 186 g/mol. The van der Waals surface area contributed by atoms with Crippen LogP contribution in [0.3, 0.4) is 0 Å². The largest absolute Gasteiger partial charge is 0.377 e. The van der Waals surface area contributed by atoms with Gasteiger partial charge in [0.25, 0.3) is 0 Å². The molecule has 0 aromatic heterocycles. The average Bonchev–Trinajstić information content (AvgIpc) is 2.98. The van der Waals surface area contributed by atoms with Gasteiger partial charge < -0.3 is 4.74 Å². The first-order valence-corrected chi connectivity index (χ1v) is 5.25. The van der Waals surface area contributed by atoms with Gasteiger partial charge in [0.2, 0.25) is 0 Å². The number of methoxy groups -OCH3 is 1. The van der Waals surface area contributed by atoms with Crippen LogP contribution >= 0.6 is 0 Å². The Kier molecular flexibility index (Phi) is 3.71. The standard InChI is InChI=1S/C10H22N2O/c1-4-10(5-2,13-3)9(12-11)8-6-7-8/h8-9,12H,4-7,11H2,1-3H3. The van der Waals surface area contributed by atoms with E-state index in [1.165, 1.54) is 12.8 Å². The van der Waals surface area contributed by atoms with E-state index in [-0.39, 0.29) is 5.60 Å². The molecule has 1 aliphatic rings. The lowest BCUT2D eigenvalue weighted by Gasteiger charge is -2.38. The number of hydrogen-bond acceptors (Lipinski definition) is 3. The van der Waals surface area contributed by atoms with E-state index >= 15 is 0 Å². The van der Waals surface area contributed by atoms with Crippen LogP contribution in [0.25, 0.3) is 0 Å². The molecule has 0 aliphatic heterocycles. The van der Waals surface area contributed by atoms with Crippen LogP contribution in [0.4, 0.5) is 0 Å². The highest BCUT2D eigenvalue weighted by Gasteiger charge is 2.44. The predicted molar refractivity (Wildman–Crippen MR) is 54.2 cm³/mol. The molecule has 0 bridgehead atoms. The van der Waals surface area contributed by atoms with Crippen LogP contribution in [0.1, 0.15) is 39.5 Å². The molecule has 0 amide bonds. The molecule has 3 nitrogen and oxygen atoms in total. The van der Waals surface area contributed by atoms with Crippen molar-refractivity contribution < 1.29 is 4.74 Å². The minimum atomic E-state index is -0.0596. The molecule has 1 atom stereocenters. The summed E-state index contributed by atoms with van der Waals surface area (Å²) in [7, 11) is 1.79. The van der Waals surface area contributed by atoms with Gasteiger partial charge in [-0.05, 0) is 31.6 Å². The Labute approximate surface area is 81.0 Å². The van der Waals surface area contributed by atoms with Crippen LogP contribution in [-0.2, 0) is 4.74 Å². The summed E-state index contributed by atoms with van der Waals surface area (Å²) in [5, 5.41) is 0. The Hall–Kier alpha value is -0.120. The van der Waals surface area contributed by atoms with Crippen molar-refractivity contribution in [3.8, 4) is 0 Å². The van der Waals surface area contributed by atoms with Crippen molar-refractivity contribution in [2.24, 2.45) is 11.8 Å². The van der Waals surface area contributed by atoms with E-state index in [0.29, 0.717) is 6.04 Å².